The van der Waals surface area contributed by atoms with Crippen LogP contribution < -0.4 is 10.6 Å². The van der Waals surface area contributed by atoms with Crippen molar-refractivity contribution in [3.63, 3.8) is 0 Å². The maximum atomic E-state index is 8.53. The van der Waals surface area contributed by atoms with Crippen molar-refractivity contribution in [1.82, 2.24) is 9.97 Å². The zero-order valence-electron chi connectivity index (χ0n) is 11.5. The van der Waals surface area contributed by atoms with Gasteiger partial charge in [0.1, 0.15) is 18.0 Å². The fourth-order valence-corrected chi connectivity index (χ4v) is 2.09. The van der Waals surface area contributed by atoms with Gasteiger partial charge >= 0.3 is 0 Å². The molecule has 1 aromatic heterocycles. The van der Waals surface area contributed by atoms with Crippen molar-refractivity contribution in [3.8, 4) is 6.19 Å². The molecule has 2 N–H and O–H groups in total. The summed E-state index contributed by atoms with van der Waals surface area (Å²) in [7, 11) is 0. The largest absolute Gasteiger partial charge is 0.369 e. The summed E-state index contributed by atoms with van der Waals surface area (Å²) in [6, 6.07) is 1.73. The third kappa shape index (κ3) is 5.00. The van der Waals surface area contributed by atoms with Crippen molar-refractivity contribution in [2.75, 3.05) is 17.2 Å². The van der Waals surface area contributed by atoms with Crippen LogP contribution in [-0.2, 0) is 0 Å². The van der Waals surface area contributed by atoms with Gasteiger partial charge in [-0.1, -0.05) is 27.7 Å². The van der Waals surface area contributed by atoms with Crippen molar-refractivity contribution >= 4 is 11.6 Å². The van der Waals surface area contributed by atoms with Crippen LogP contribution in [0.2, 0.25) is 0 Å². The molecule has 1 aromatic rings. The van der Waals surface area contributed by atoms with E-state index < -0.39 is 0 Å². The number of nitriles is 1. The van der Waals surface area contributed by atoms with Gasteiger partial charge in [-0.3, -0.25) is 5.32 Å². The van der Waals surface area contributed by atoms with Crippen molar-refractivity contribution in [2.45, 2.75) is 34.1 Å². The minimum atomic E-state index is 0.210. The second-order valence-corrected chi connectivity index (χ2v) is 5.64. The van der Waals surface area contributed by atoms with Crippen LogP contribution in [0.5, 0.6) is 0 Å². The zero-order chi connectivity index (χ0) is 13.6. The predicted molar refractivity (Wildman–Crippen MR) is 73.0 cm³/mol. The number of hydrogen-bond donors (Lipinski definition) is 2. The van der Waals surface area contributed by atoms with Gasteiger partial charge in [-0.2, -0.15) is 5.26 Å². The highest BCUT2D eigenvalue weighted by Gasteiger charge is 2.19. The molecular formula is C13H21N5. The van der Waals surface area contributed by atoms with E-state index in [0.29, 0.717) is 11.7 Å². The number of nitrogens with zero attached hydrogens (tertiary/aromatic N) is 3. The van der Waals surface area contributed by atoms with E-state index in [1.807, 2.05) is 6.19 Å². The van der Waals surface area contributed by atoms with Crippen LogP contribution in [0, 0.1) is 22.8 Å². The van der Waals surface area contributed by atoms with Crippen molar-refractivity contribution in [2.24, 2.45) is 11.3 Å². The summed E-state index contributed by atoms with van der Waals surface area (Å²) in [5.41, 5.74) is 0.210. The first-order valence-corrected chi connectivity index (χ1v) is 6.14. The molecule has 98 valence electrons. The van der Waals surface area contributed by atoms with Gasteiger partial charge in [0.25, 0.3) is 0 Å². The number of aromatic nitrogens is 2. The molecule has 0 aliphatic rings. The van der Waals surface area contributed by atoms with E-state index in [9.17, 15) is 0 Å². The van der Waals surface area contributed by atoms with Crippen LogP contribution in [0.15, 0.2) is 12.4 Å². The number of rotatable bonds is 6. The van der Waals surface area contributed by atoms with Crippen molar-refractivity contribution in [3.05, 3.63) is 12.4 Å². The molecule has 0 saturated heterocycles. The van der Waals surface area contributed by atoms with Gasteiger partial charge in [0.05, 0.1) is 0 Å². The Morgan fingerprint density at radius 3 is 2.61 bits per heavy atom. The first-order valence-electron chi connectivity index (χ1n) is 6.14. The number of hydrogen-bond acceptors (Lipinski definition) is 5. The summed E-state index contributed by atoms with van der Waals surface area (Å²) < 4.78 is 0. The molecular weight excluding hydrogens is 226 g/mol. The average Bonchev–Trinajstić information content (AvgIpc) is 2.26. The Morgan fingerprint density at radius 2 is 2.00 bits per heavy atom. The Bertz CT molecular complexity index is 420. The van der Waals surface area contributed by atoms with Gasteiger partial charge < -0.3 is 5.32 Å². The molecule has 5 nitrogen and oxygen atoms in total. The fraction of sp³-hybridized carbons (Fsp3) is 0.615. The summed E-state index contributed by atoms with van der Waals surface area (Å²) in [4.78, 5) is 8.07. The Labute approximate surface area is 109 Å². The maximum absolute atomic E-state index is 8.53. The highest BCUT2D eigenvalue weighted by molar-refractivity contribution is 5.48. The van der Waals surface area contributed by atoms with Gasteiger partial charge in [-0.05, 0) is 17.8 Å². The highest BCUT2D eigenvalue weighted by atomic mass is 15.1. The van der Waals surface area contributed by atoms with Crippen LogP contribution in [0.4, 0.5) is 11.6 Å². The van der Waals surface area contributed by atoms with E-state index in [1.54, 1.807) is 6.07 Å². The number of nitrogens with one attached hydrogen (secondary N) is 2. The molecule has 1 heterocycles. The summed E-state index contributed by atoms with van der Waals surface area (Å²) in [5.74, 6) is 1.92. The molecule has 0 spiro atoms. The molecule has 0 fully saturated rings. The minimum absolute atomic E-state index is 0.210. The highest BCUT2D eigenvalue weighted by Crippen LogP contribution is 2.25. The normalized spacial score (nSPS) is 11.1. The molecule has 0 amide bonds. The van der Waals surface area contributed by atoms with E-state index in [2.05, 4.69) is 48.3 Å². The zero-order valence-corrected chi connectivity index (χ0v) is 11.5. The topological polar surface area (TPSA) is 73.6 Å². The SMILES string of the molecule is CC(C)CC(C)(C)CNc1cc(NC#N)ncn1. The molecule has 0 aromatic carbocycles. The van der Waals surface area contributed by atoms with Crippen LogP contribution in [0.25, 0.3) is 0 Å². The van der Waals surface area contributed by atoms with Crippen molar-refractivity contribution in [1.29, 1.82) is 5.26 Å². The van der Waals surface area contributed by atoms with E-state index in [-0.39, 0.29) is 5.41 Å². The van der Waals surface area contributed by atoms with E-state index in [4.69, 9.17) is 5.26 Å². The van der Waals surface area contributed by atoms with Crippen LogP contribution in [-0.4, -0.2) is 16.5 Å². The molecule has 0 radical (unpaired) electrons. The standard InChI is InChI=1S/C13H21N5/c1-10(2)6-13(3,4)7-15-11-5-12(16-8-14)18-9-17-11/h5,9-10H,6-7H2,1-4H3,(H2,15,16,17,18). The molecule has 0 unspecified atom stereocenters. The Hall–Kier alpha value is -1.83. The van der Waals surface area contributed by atoms with Gasteiger partial charge in [0, 0.05) is 12.6 Å². The lowest BCUT2D eigenvalue weighted by Crippen LogP contribution is -2.25. The molecule has 0 aliphatic carbocycles. The maximum Gasteiger partial charge on any atom is 0.182 e. The van der Waals surface area contributed by atoms with Crippen LogP contribution >= 0.6 is 0 Å². The quantitative estimate of drug-likeness (QED) is 0.597. The second kappa shape index (κ2) is 6.20. The first kappa shape index (κ1) is 14.2. The van der Waals surface area contributed by atoms with E-state index >= 15 is 0 Å². The third-order valence-corrected chi connectivity index (χ3v) is 2.56. The van der Waals surface area contributed by atoms with Gasteiger partial charge in [0.15, 0.2) is 6.19 Å². The Morgan fingerprint density at radius 1 is 1.33 bits per heavy atom. The van der Waals surface area contributed by atoms with E-state index in [1.165, 1.54) is 6.33 Å². The van der Waals surface area contributed by atoms with Gasteiger partial charge in [-0.25, -0.2) is 9.97 Å². The fourth-order valence-electron chi connectivity index (χ4n) is 2.09. The van der Waals surface area contributed by atoms with Crippen LogP contribution in [0.3, 0.4) is 0 Å². The molecule has 5 heteroatoms. The van der Waals surface area contributed by atoms with Crippen LogP contribution in [0.1, 0.15) is 34.1 Å². The second-order valence-electron chi connectivity index (χ2n) is 5.64. The molecule has 1 rings (SSSR count). The lowest BCUT2D eigenvalue weighted by molar-refractivity contribution is 0.306. The molecule has 0 atom stereocenters. The summed E-state index contributed by atoms with van der Waals surface area (Å²) in [6.07, 6.45) is 4.43. The summed E-state index contributed by atoms with van der Waals surface area (Å²) >= 11 is 0. The van der Waals surface area contributed by atoms with Gasteiger partial charge in [-0.15, -0.1) is 0 Å². The lowest BCUT2D eigenvalue weighted by atomic mass is 9.84. The average molecular weight is 247 g/mol. The molecule has 0 bridgehead atoms. The smallest absolute Gasteiger partial charge is 0.182 e. The Kier molecular flexibility index (Phi) is 4.90. The lowest BCUT2D eigenvalue weighted by Gasteiger charge is -2.27. The first-order chi connectivity index (χ1) is 8.43. The number of anilines is 2. The third-order valence-electron chi connectivity index (χ3n) is 2.56. The predicted octanol–water partition coefficient (Wildman–Crippen LogP) is 2.85. The monoisotopic (exact) mass is 247 g/mol. The van der Waals surface area contributed by atoms with Crippen molar-refractivity contribution < 1.29 is 0 Å². The molecule has 18 heavy (non-hydrogen) atoms. The van der Waals surface area contributed by atoms with Gasteiger partial charge in [0.2, 0.25) is 0 Å². The Balaban J connectivity index is 2.58. The van der Waals surface area contributed by atoms with E-state index in [0.717, 1.165) is 18.8 Å². The summed E-state index contributed by atoms with van der Waals surface area (Å²) in [5, 5.41) is 14.3. The molecule has 0 aliphatic heterocycles. The summed E-state index contributed by atoms with van der Waals surface area (Å²) in [6.45, 7) is 9.75. The minimum Gasteiger partial charge on any atom is -0.369 e. The molecule has 0 saturated carbocycles.